The van der Waals surface area contributed by atoms with Gasteiger partial charge in [0.2, 0.25) is 11.8 Å². The van der Waals surface area contributed by atoms with Crippen LogP contribution < -0.4 is 5.32 Å². The second kappa shape index (κ2) is 5.67. The fraction of sp³-hybridized carbons (Fsp3) is 0.833. The number of likely N-dealkylation sites (tertiary alicyclic amines) is 1. The Morgan fingerprint density at radius 1 is 1.39 bits per heavy atom. The van der Waals surface area contributed by atoms with Crippen LogP contribution in [0.15, 0.2) is 0 Å². The predicted molar refractivity (Wildman–Crippen MR) is 66.0 cm³/mol. The standard InChI is InChI=1S/C12H21N3O3/c1-9(11(16)14-5-7-18-8-6-14)15-4-3-10(13-2)12(15)17/h9-10,13H,3-8H2,1-2H3. The number of amides is 2. The van der Waals surface area contributed by atoms with Crippen LogP contribution in [0.25, 0.3) is 0 Å². The molecule has 102 valence electrons. The van der Waals surface area contributed by atoms with Gasteiger partial charge in [-0.05, 0) is 20.4 Å². The molecule has 0 aromatic rings. The smallest absolute Gasteiger partial charge is 0.245 e. The summed E-state index contributed by atoms with van der Waals surface area (Å²) in [5, 5.41) is 2.98. The summed E-state index contributed by atoms with van der Waals surface area (Å²) in [6.07, 6.45) is 0.774. The Balaban J connectivity index is 1.96. The molecule has 2 aliphatic rings. The van der Waals surface area contributed by atoms with E-state index in [2.05, 4.69) is 5.32 Å². The maximum absolute atomic E-state index is 12.3. The average molecular weight is 255 g/mol. The van der Waals surface area contributed by atoms with Crippen molar-refractivity contribution in [3.05, 3.63) is 0 Å². The van der Waals surface area contributed by atoms with Crippen molar-refractivity contribution in [2.45, 2.75) is 25.4 Å². The SMILES string of the molecule is CNC1CCN(C(C)C(=O)N2CCOCC2)C1=O. The predicted octanol–water partition coefficient (Wildman–Crippen LogP) is -0.946. The van der Waals surface area contributed by atoms with Gasteiger partial charge in [0.05, 0.1) is 19.3 Å². The van der Waals surface area contributed by atoms with Crippen molar-refractivity contribution < 1.29 is 14.3 Å². The number of carbonyl (C=O) groups excluding carboxylic acids is 2. The third kappa shape index (κ3) is 2.49. The maximum Gasteiger partial charge on any atom is 0.245 e. The number of carbonyl (C=O) groups is 2. The third-order valence-corrected chi connectivity index (χ3v) is 3.74. The Morgan fingerprint density at radius 2 is 2.06 bits per heavy atom. The highest BCUT2D eigenvalue weighted by atomic mass is 16.5. The molecular weight excluding hydrogens is 234 g/mol. The molecule has 18 heavy (non-hydrogen) atoms. The van der Waals surface area contributed by atoms with E-state index in [1.807, 2.05) is 6.92 Å². The molecule has 2 rings (SSSR count). The van der Waals surface area contributed by atoms with Gasteiger partial charge < -0.3 is 19.9 Å². The maximum atomic E-state index is 12.3. The lowest BCUT2D eigenvalue weighted by Crippen LogP contribution is -2.52. The molecule has 2 atom stereocenters. The molecule has 0 saturated carbocycles. The zero-order valence-electron chi connectivity index (χ0n) is 11.0. The second-order valence-corrected chi connectivity index (χ2v) is 4.78. The minimum Gasteiger partial charge on any atom is -0.378 e. The summed E-state index contributed by atoms with van der Waals surface area (Å²) in [4.78, 5) is 27.8. The van der Waals surface area contributed by atoms with Crippen molar-refractivity contribution in [2.24, 2.45) is 0 Å². The Hall–Kier alpha value is -1.14. The van der Waals surface area contributed by atoms with E-state index in [0.29, 0.717) is 32.8 Å². The minimum absolute atomic E-state index is 0.0309. The summed E-state index contributed by atoms with van der Waals surface area (Å²) < 4.78 is 5.23. The largest absolute Gasteiger partial charge is 0.378 e. The lowest BCUT2D eigenvalue weighted by Gasteiger charge is -2.32. The molecule has 2 unspecified atom stereocenters. The normalized spacial score (nSPS) is 26.6. The van der Waals surface area contributed by atoms with Gasteiger partial charge in [-0.2, -0.15) is 0 Å². The number of nitrogens with zero attached hydrogens (tertiary/aromatic N) is 2. The highest BCUT2D eigenvalue weighted by molar-refractivity contribution is 5.91. The Kier molecular flexibility index (Phi) is 4.19. The minimum atomic E-state index is -0.367. The number of morpholine rings is 1. The van der Waals surface area contributed by atoms with Gasteiger partial charge in [0, 0.05) is 19.6 Å². The van der Waals surface area contributed by atoms with Crippen molar-refractivity contribution in [2.75, 3.05) is 39.9 Å². The third-order valence-electron chi connectivity index (χ3n) is 3.74. The van der Waals surface area contributed by atoms with E-state index in [9.17, 15) is 9.59 Å². The first-order valence-corrected chi connectivity index (χ1v) is 6.49. The first-order valence-electron chi connectivity index (χ1n) is 6.49. The van der Waals surface area contributed by atoms with E-state index in [4.69, 9.17) is 4.74 Å². The molecular formula is C12H21N3O3. The van der Waals surface area contributed by atoms with Crippen molar-refractivity contribution in [3.8, 4) is 0 Å². The van der Waals surface area contributed by atoms with Crippen LogP contribution in [0.5, 0.6) is 0 Å². The van der Waals surface area contributed by atoms with E-state index in [0.717, 1.165) is 6.42 Å². The van der Waals surface area contributed by atoms with Crippen molar-refractivity contribution >= 4 is 11.8 Å². The molecule has 6 heteroatoms. The Labute approximate surface area is 107 Å². The van der Waals surface area contributed by atoms with Crippen molar-refractivity contribution in [3.63, 3.8) is 0 Å². The molecule has 0 bridgehead atoms. The van der Waals surface area contributed by atoms with Crippen LogP contribution in [0.3, 0.4) is 0 Å². The van der Waals surface area contributed by atoms with Crippen LogP contribution in [0.4, 0.5) is 0 Å². The van der Waals surface area contributed by atoms with Crippen molar-refractivity contribution in [1.29, 1.82) is 0 Å². The summed E-state index contributed by atoms with van der Waals surface area (Å²) in [5.74, 6) is 0.0648. The molecule has 1 N–H and O–H groups in total. The number of hydrogen-bond acceptors (Lipinski definition) is 4. The number of rotatable bonds is 3. The van der Waals surface area contributed by atoms with Crippen LogP contribution in [-0.4, -0.2) is 73.6 Å². The molecule has 2 fully saturated rings. The monoisotopic (exact) mass is 255 g/mol. The highest BCUT2D eigenvalue weighted by Gasteiger charge is 2.37. The van der Waals surface area contributed by atoms with Gasteiger partial charge in [-0.1, -0.05) is 0 Å². The van der Waals surface area contributed by atoms with Gasteiger partial charge in [-0.3, -0.25) is 9.59 Å². The summed E-state index contributed by atoms with van der Waals surface area (Å²) in [5.41, 5.74) is 0. The number of likely N-dealkylation sites (N-methyl/N-ethyl adjacent to an activating group) is 1. The van der Waals surface area contributed by atoms with E-state index >= 15 is 0 Å². The second-order valence-electron chi connectivity index (χ2n) is 4.78. The van der Waals surface area contributed by atoms with Gasteiger partial charge in [0.25, 0.3) is 0 Å². The summed E-state index contributed by atoms with van der Waals surface area (Å²) in [7, 11) is 1.78. The number of ether oxygens (including phenoxy) is 1. The van der Waals surface area contributed by atoms with Crippen LogP contribution in [0.1, 0.15) is 13.3 Å². The van der Waals surface area contributed by atoms with E-state index < -0.39 is 0 Å². The zero-order valence-corrected chi connectivity index (χ0v) is 11.0. The lowest BCUT2D eigenvalue weighted by molar-refractivity contribution is -0.146. The van der Waals surface area contributed by atoms with Crippen LogP contribution in [-0.2, 0) is 14.3 Å². The van der Waals surface area contributed by atoms with Gasteiger partial charge in [0.1, 0.15) is 6.04 Å². The molecule has 2 saturated heterocycles. The Bertz CT molecular complexity index is 329. The summed E-state index contributed by atoms with van der Waals surface area (Å²) >= 11 is 0. The average Bonchev–Trinajstić information content (AvgIpc) is 2.79. The topological polar surface area (TPSA) is 61.9 Å². The van der Waals surface area contributed by atoms with Gasteiger partial charge in [-0.15, -0.1) is 0 Å². The quantitative estimate of drug-likeness (QED) is 0.706. The fourth-order valence-electron chi connectivity index (χ4n) is 2.54. The molecule has 6 nitrogen and oxygen atoms in total. The van der Waals surface area contributed by atoms with Crippen LogP contribution >= 0.6 is 0 Å². The molecule has 0 radical (unpaired) electrons. The van der Waals surface area contributed by atoms with E-state index in [-0.39, 0.29) is 23.9 Å². The molecule has 2 amide bonds. The number of nitrogens with one attached hydrogen (secondary N) is 1. The first kappa shape index (κ1) is 13.3. The van der Waals surface area contributed by atoms with Gasteiger partial charge in [-0.25, -0.2) is 0 Å². The van der Waals surface area contributed by atoms with Crippen LogP contribution in [0, 0.1) is 0 Å². The fourth-order valence-corrected chi connectivity index (χ4v) is 2.54. The molecule has 0 aliphatic carbocycles. The molecule has 2 heterocycles. The van der Waals surface area contributed by atoms with Crippen LogP contribution in [0.2, 0.25) is 0 Å². The summed E-state index contributed by atoms with van der Waals surface area (Å²) in [6.45, 7) is 4.90. The molecule has 0 aromatic heterocycles. The zero-order chi connectivity index (χ0) is 13.1. The summed E-state index contributed by atoms with van der Waals surface area (Å²) in [6, 6.07) is -0.501. The highest BCUT2D eigenvalue weighted by Crippen LogP contribution is 2.16. The van der Waals surface area contributed by atoms with E-state index in [1.165, 1.54) is 0 Å². The molecule has 2 aliphatic heterocycles. The molecule has 0 aromatic carbocycles. The lowest BCUT2D eigenvalue weighted by atomic mass is 10.2. The molecule has 0 spiro atoms. The number of hydrogen-bond donors (Lipinski definition) is 1. The van der Waals surface area contributed by atoms with Crippen molar-refractivity contribution in [1.82, 2.24) is 15.1 Å². The van der Waals surface area contributed by atoms with Gasteiger partial charge in [0.15, 0.2) is 0 Å². The van der Waals surface area contributed by atoms with E-state index in [1.54, 1.807) is 16.8 Å². The van der Waals surface area contributed by atoms with Gasteiger partial charge >= 0.3 is 0 Å². The Morgan fingerprint density at radius 3 is 2.61 bits per heavy atom. The first-order chi connectivity index (χ1) is 8.65.